The SMILES string of the molecule is Cc1occc1-c1nnc(SCc2nc3cc(Cl)ccc3n2C)n1Cc1ccccc1. The van der Waals surface area contributed by atoms with Gasteiger partial charge in [0.25, 0.3) is 0 Å². The summed E-state index contributed by atoms with van der Waals surface area (Å²) in [5.41, 5.74) is 4.09. The molecule has 0 aliphatic carbocycles. The maximum Gasteiger partial charge on any atom is 0.192 e. The summed E-state index contributed by atoms with van der Waals surface area (Å²) < 4.78 is 9.74. The minimum atomic E-state index is 0.667. The van der Waals surface area contributed by atoms with Crippen molar-refractivity contribution in [2.75, 3.05) is 0 Å². The van der Waals surface area contributed by atoms with Crippen molar-refractivity contribution in [3.63, 3.8) is 0 Å². The lowest BCUT2D eigenvalue weighted by atomic mass is 10.2. The van der Waals surface area contributed by atoms with Crippen LogP contribution in [0.15, 0.2) is 70.4 Å². The quantitative estimate of drug-likeness (QED) is 0.310. The molecule has 8 heteroatoms. The lowest BCUT2D eigenvalue weighted by molar-refractivity contribution is 0.534. The van der Waals surface area contributed by atoms with Crippen LogP contribution in [0.1, 0.15) is 17.1 Å². The molecular formula is C23H20ClN5OS. The van der Waals surface area contributed by atoms with E-state index in [1.807, 2.05) is 56.4 Å². The van der Waals surface area contributed by atoms with E-state index in [4.69, 9.17) is 21.0 Å². The van der Waals surface area contributed by atoms with Gasteiger partial charge in [0.15, 0.2) is 11.0 Å². The number of thioether (sulfide) groups is 1. The molecule has 0 fully saturated rings. The van der Waals surface area contributed by atoms with Gasteiger partial charge in [-0.3, -0.25) is 4.57 Å². The van der Waals surface area contributed by atoms with E-state index in [1.165, 1.54) is 5.56 Å². The van der Waals surface area contributed by atoms with Gasteiger partial charge in [0.1, 0.15) is 11.6 Å². The first kappa shape index (κ1) is 19.9. The molecule has 0 amide bonds. The van der Waals surface area contributed by atoms with Crippen LogP contribution in [0, 0.1) is 6.92 Å². The van der Waals surface area contributed by atoms with Gasteiger partial charge in [0, 0.05) is 12.1 Å². The summed E-state index contributed by atoms with van der Waals surface area (Å²) in [5.74, 6) is 3.25. The highest BCUT2D eigenvalue weighted by Gasteiger charge is 2.19. The highest BCUT2D eigenvalue weighted by Crippen LogP contribution is 2.30. The minimum Gasteiger partial charge on any atom is -0.469 e. The second-order valence-corrected chi connectivity index (χ2v) is 8.66. The van der Waals surface area contributed by atoms with Crippen LogP contribution < -0.4 is 0 Å². The van der Waals surface area contributed by atoms with Gasteiger partial charge >= 0.3 is 0 Å². The first-order valence-electron chi connectivity index (χ1n) is 9.85. The van der Waals surface area contributed by atoms with Gasteiger partial charge in [-0.15, -0.1) is 10.2 Å². The molecule has 2 aromatic carbocycles. The van der Waals surface area contributed by atoms with Gasteiger partial charge in [-0.2, -0.15) is 0 Å². The highest BCUT2D eigenvalue weighted by molar-refractivity contribution is 7.98. The van der Waals surface area contributed by atoms with Gasteiger partial charge in [-0.25, -0.2) is 4.98 Å². The third kappa shape index (κ3) is 3.86. The van der Waals surface area contributed by atoms with Gasteiger partial charge in [0.05, 0.1) is 35.2 Å². The lowest BCUT2D eigenvalue weighted by Crippen LogP contribution is -2.05. The molecule has 0 aliphatic rings. The van der Waals surface area contributed by atoms with E-state index >= 15 is 0 Å². The summed E-state index contributed by atoms with van der Waals surface area (Å²) in [5, 5.41) is 10.5. The number of aromatic nitrogens is 5. The average molecular weight is 450 g/mol. The number of halogens is 1. The predicted molar refractivity (Wildman–Crippen MR) is 123 cm³/mol. The Labute approximate surface area is 188 Å². The van der Waals surface area contributed by atoms with Gasteiger partial charge in [-0.05, 0) is 36.8 Å². The maximum atomic E-state index is 6.13. The van der Waals surface area contributed by atoms with E-state index in [9.17, 15) is 0 Å². The fourth-order valence-electron chi connectivity index (χ4n) is 3.60. The second-order valence-electron chi connectivity index (χ2n) is 7.28. The molecule has 0 saturated carbocycles. The normalized spacial score (nSPS) is 11.5. The summed E-state index contributed by atoms with van der Waals surface area (Å²) in [6.07, 6.45) is 1.68. The third-order valence-electron chi connectivity index (χ3n) is 5.27. The van der Waals surface area contributed by atoms with Crippen LogP contribution in [0.5, 0.6) is 0 Å². The van der Waals surface area contributed by atoms with E-state index in [-0.39, 0.29) is 0 Å². The van der Waals surface area contributed by atoms with Crippen LogP contribution in [0.4, 0.5) is 0 Å². The monoisotopic (exact) mass is 449 g/mol. The van der Waals surface area contributed by atoms with Crippen molar-refractivity contribution in [1.29, 1.82) is 0 Å². The lowest BCUT2D eigenvalue weighted by Gasteiger charge is -2.10. The molecule has 3 aromatic heterocycles. The number of furan rings is 1. The van der Waals surface area contributed by atoms with Crippen LogP contribution >= 0.6 is 23.4 Å². The van der Waals surface area contributed by atoms with Crippen LogP contribution in [0.2, 0.25) is 5.02 Å². The fraction of sp³-hybridized carbons (Fsp3) is 0.174. The Morgan fingerprint density at radius 1 is 1.06 bits per heavy atom. The number of nitrogens with zero attached hydrogens (tertiary/aromatic N) is 5. The molecule has 5 aromatic rings. The van der Waals surface area contributed by atoms with E-state index in [1.54, 1.807) is 18.0 Å². The topological polar surface area (TPSA) is 61.7 Å². The van der Waals surface area contributed by atoms with Crippen LogP contribution in [0.25, 0.3) is 22.4 Å². The Balaban J connectivity index is 1.48. The molecule has 0 spiro atoms. The largest absolute Gasteiger partial charge is 0.469 e. The number of aryl methyl sites for hydroxylation is 2. The van der Waals surface area contributed by atoms with Crippen molar-refractivity contribution in [3.8, 4) is 11.4 Å². The van der Waals surface area contributed by atoms with Crippen molar-refractivity contribution >= 4 is 34.4 Å². The highest BCUT2D eigenvalue weighted by atomic mass is 35.5. The molecule has 3 heterocycles. The number of hydrogen-bond acceptors (Lipinski definition) is 5. The Hall–Kier alpha value is -3.03. The Morgan fingerprint density at radius 3 is 2.68 bits per heavy atom. The summed E-state index contributed by atoms with van der Waals surface area (Å²) in [6, 6.07) is 18.0. The smallest absolute Gasteiger partial charge is 0.192 e. The summed E-state index contributed by atoms with van der Waals surface area (Å²) in [7, 11) is 2.02. The molecule has 0 atom stereocenters. The Kier molecular flexibility index (Phi) is 5.29. The van der Waals surface area contributed by atoms with Crippen LogP contribution in [0.3, 0.4) is 0 Å². The molecule has 0 N–H and O–H groups in total. The number of hydrogen-bond donors (Lipinski definition) is 0. The van der Waals surface area contributed by atoms with Gasteiger partial charge in [-0.1, -0.05) is 53.7 Å². The summed E-state index contributed by atoms with van der Waals surface area (Å²) in [6.45, 7) is 2.61. The number of rotatable bonds is 6. The molecule has 0 bridgehead atoms. The van der Waals surface area contributed by atoms with E-state index in [2.05, 4.69) is 31.5 Å². The van der Waals surface area contributed by atoms with Crippen molar-refractivity contribution in [3.05, 3.63) is 83.0 Å². The van der Waals surface area contributed by atoms with Crippen molar-refractivity contribution < 1.29 is 4.42 Å². The van der Waals surface area contributed by atoms with E-state index in [0.717, 1.165) is 39.2 Å². The number of benzene rings is 2. The Morgan fingerprint density at radius 2 is 1.90 bits per heavy atom. The molecular weight excluding hydrogens is 430 g/mol. The minimum absolute atomic E-state index is 0.667. The zero-order valence-corrected chi connectivity index (χ0v) is 18.7. The van der Waals surface area contributed by atoms with Crippen LogP contribution in [-0.2, 0) is 19.3 Å². The zero-order valence-electron chi connectivity index (χ0n) is 17.1. The standard InChI is InChI=1S/C23H20ClN5OS/c1-15-18(10-11-30-15)22-26-27-23(29(22)13-16-6-4-3-5-7-16)31-14-21-25-19-12-17(24)8-9-20(19)28(21)2/h3-12H,13-14H2,1-2H3. The molecule has 156 valence electrons. The van der Waals surface area contributed by atoms with E-state index in [0.29, 0.717) is 17.3 Å². The molecule has 0 aliphatic heterocycles. The summed E-state index contributed by atoms with van der Waals surface area (Å²) >= 11 is 7.75. The predicted octanol–water partition coefficient (Wildman–Crippen LogP) is 5.73. The Bertz CT molecular complexity index is 1360. The number of fused-ring (bicyclic) bond motifs is 1. The fourth-order valence-corrected chi connectivity index (χ4v) is 4.69. The molecule has 5 rings (SSSR count). The number of imidazole rings is 1. The van der Waals surface area contributed by atoms with Crippen molar-refractivity contribution in [2.24, 2.45) is 7.05 Å². The van der Waals surface area contributed by atoms with Gasteiger partial charge < -0.3 is 8.98 Å². The zero-order chi connectivity index (χ0) is 21.4. The molecule has 0 radical (unpaired) electrons. The third-order valence-corrected chi connectivity index (χ3v) is 6.46. The first-order valence-corrected chi connectivity index (χ1v) is 11.2. The van der Waals surface area contributed by atoms with E-state index < -0.39 is 0 Å². The molecule has 0 saturated heterocycles. The van der Waals surface area contributed by atoms with Crippen molar-refractivity contribution in [1.82, 2.24) is 24.3 Å². The second kappa shape index (κ2) is 8.24. The van der Waals surface area contributed by atoms with Crippen LogP contribution in [-0.4, -0.2) is 24.3 Å². The van der Waals surface area contributed by atoms with Gasteiger partial charge in [0.2, 0.25) is 0 Å². The maximum absolute atomic E-state index is 6.13. The molecule has 0 unspecified atom stereocenters. The first-order chi connectivity index (χ1) is 15.1. The molecule has 6 nitrogen and oxygen atoms in total. The van der Waals surface area contributed by atoms with Crippen molar-refractivity contribution in [2.45, 2.75) is 24.4 Å². The molecule has 31 heavy (non-hydrogen) atoms. The average Bonchev–Trinajstić information content (AvgIpc) is 3.45. The summed E-state index contributed by atoms with van der Waals surface area (Å²) in [4.78, 5) is 4.76.